The molecular weight excluding hydrogens is 360 g/mol. The van der Waals surface area contributed by atoms with Gasteiger partial charge in [0.15, 0.2) is 0 Å². The second-order valence-electron chi connectivity index (χ2n) is 5.87. The van der Waals surface area contributed by atoms with Crippen molar-refractivity contribution >= 4 is 25.6 Å². The number of hydrogen-bond acceptors (Lipinski definition) is 5. The number of aromatic nitrogens is 3. The van der Waals surface area contributed by atoms with Crippen LogP contribution in [0.2, 0.25) is 0 Å². The summed E-state index contributed by atoms with van der Waals surface area (Å²) in [4.78, 5) is 4.32. The third kappa shape index (κ3) is 3.38. The lowest BCUT2D eigenvalue weighted by Gasteiger charge is -2.11. The number of nitrogen functional groups attached to an aromatic ring is 1. The Morgan fingerprint density at radius 1 is 1.12 bits per heavy atom. The van der Waals surface area contributed by atoms with E-state index in [1.807, 2.05) is 33.2 Å². The summed E-state index contributed by atoms with van der Waals surface area (Å²) in [6.07, 6.45) is 3.50. The summed E-state index contributed by atoms with van der Waals surface area (Å²) in [6.45, 7) is 3.79. The summed E-state index contributed by atoms with van der Waals surface area (Å²) >= 11 is 0. The topological polar surface area (TPSA) is 90.9 Å². The van der Waals surface area contributed by atoms with Crippen molar-refractivity contribution in [2.75, 3.05) is 5.73 Å². The first-order valence-corrected chi connectivity index (χ1v) is 9.79. The maximum atomic E-state index is 11.6. The van der Waals surface area contributed by atoms with Gasteiger partial charge in [-0.25, -0.2) is 13.4 Å². The van der Waals surface area contributed by atoms with Gasteiger partial charge in [-0.15, -0.1) is 0 Å². The van der Waals surface area contributed by atoms with Crippen molar-refractivity contribution in [3.63, 3.8) is 0 Å². The zero-order valence-corrected chi connectivity index (χ0v) is 15.6. The third-order valence-electron chi connectivity index (χ3n) is 4.02. The van der Waals surface area contributed by atoms with Crippen molar-refractivity contribution in [3.8, 4) is 22.3 Å². The van der Waals surface area contributed by atoms with Crippen LogP contribution < -0.4 is 5.73 Å². The molecule has 0 spiro atoms. The van der Waals surface area contributed by atoms with E-state index in [0.29, 0.717) is 5.82 Å². The van der Waals surface area contributed by atoms with Crippen LogP contribution in [0, 0.1) is 13.8 Å². The van der Waals surface area contributed by atoms with Crippen LogP contribution in [0.1, 0.15) is 11.3 Å². The SMILES string of the molecule is Cc1ccc(S(=O)(=O)Cl)cc1-c1cnc(N)c(-c2cn(C)nc2C)c1. The molecule has 0 aliphatic heterocycles. The van der Waals surface area contributed by atoms with E-state index in [4.69, 9.17) is 16.4 Å². The highest BCUT2D eigenvalue weighted by Crippen LogP contribution is 2.33. The van der Waals surface area contributed by atoms with Crippen molar-refractivity contribution < 1.29 is 8.42 Å². The van der Waals surface area contributed by atoms with Crippen LogP contribution >= 0.6 is 10.7 Å². The second kappa shape index (κ2) is 6.16. The van der Waals surface area contributed by atoms with Gasteiger partial charge in [-0.1, -0.05) is 6.07 Å². The molecule has 0 saturated carbocycles. The number of rotatable bonds is 3. The molecule has 0 amide bonds. The monoisotopic (exact) mass is 376 g/mol. The lowest BCUT2D eigenvalue weighted by Crippen LogP contribution is -1.97. The van der Waals surface area contributed by atoms with E-state index >= 15 is 0 Å². The largest absolute Gasteiger partial charge is 0.383 e. The first-order chi connectivity index (χ1) is 11.7. The average Bonchev–Trinajstić information content (AvgIpc) is 2.86. The first-order valence-electron chi connectivity index (χ1n) is 7.48. The Balaban J connectivity index is 2.20. The molecule has 2 aromatic heterocycles. The fourth-order valence-electron chi connectivity index (χ4n) is 2.77. The molecule has 0 unspecified atom stereocenters. The van der Waals surface area contributed by atoms with E-state index in [2.05, 4.69) is 10.1 Å². The summed E-state index contributed by atoms with van der Waals surface area (Å²) in [5.74, 6) is 0.388. The van der Waals surface area contributed by atoms with E-state index in [0.717, 1.165) is 33.5 Å². The molecule has 6 nitrogen and oxygen atoms in total. The van der Waals surface area contributed by atoms with Gasteiger partial charge in [0.1, 0.15) is 5.82 Å². The van der Waals surface area contributed by atoms with Gasteiger partial charge in [0, 0.05) is 46.8 Å². The Morgan fingerprint density at radius 2 is 1.84 bits per heavy atom. The van der Waals surface area contributed by atoms with E-state index in [9.17, 15) is 8.42 Å². The molecule has 0 saturated heterocycles. The minimum atomic E-state index is -3.81. The standard InChI is InChI=1S/C17H17ClN4O2S/c1-10-4-5-13(25(18,23)24)7-14(10)12-6-15(17(19)20-8-12)16-9-22(3)21-11(16)2/h4-9H,1-3H3,(H2,19,20). The lowest BCUT2D eigenvalue weighted by molar-refractivity contribution is 0.609. The molecule has 0 radical (unpaired) electrons. The van der Waals surface area contributed by atoms with E-state index < -0.39 is 9.05 Å². The zero-order valence-electron chi connectivity index (χ0n) is 14.0. The third-order valence-corrected chi connectivity index (χ3v) is 5.38. The molecule has 25 heavy (non-hydrogen) atoms. The molecule has 2 N–H and O–H groups in total. The van der Waals surface area contributed by atoms with Crippen LogP contribution in [0.15, 0.2) is 41.6 Å². The quantitative estimate of drug-likeness (QED) is 0.708. The molecule has 0 atom stereocenters. The highest BCUT2D eigenvalue weighted by molar-refractivity contribution is 8.13. The van der Waals surface area contributed by atoms with Crippen molar-refractivity contribution in [1.82, 2.24) is 14.8 Å². The smallest absolute Gasteiger partial charge is 0.261 e. The van der Waals surface area contributed by atoms with E-state index in [-0.39, 0.29) is 4.90 Å². The van der Waals surface area contributed by atoms with Gasteiger partial charge in [-0.2, -0.15) is 5.10 Å². The minimum Gasteiger partial charge on any atom is -0.383 e. The highest BCUT2D eigenvalue weighted by atomic mass is 35.7. The zero-order chi connectivity index (χ0) is 18.4. The van der Waals surface area contributed by atoms with Gasteiger partial charge >= 0.3 is 0 Å². The minimum absolute atomic E-state index is 0.0469. The molecule has 0 aliphatic rings. The van der Waals surface area contributed by atoms with E-state index in [1.54, 1.807) is 23.0 Å². The Bertz CT molecular complexity index is 1070. The number of aryl methyl sites for hydroxylation is 3. The summed E-state index contributed by atoms with van der Waals surface area (Å²) in [6, 6.07) is 6.64. The normalized spacial score (nSPS) is 11.7. The molecule has 0 aliphatic carbocycles. The number of halogens is 1. The van der Waals surface area contributed by atoms with Crippen LogP contribution in [0.5, 0.6) is 0 Å². The van der Waals surface area contributed by atoms with Crippen molar-refractivity contribution in [1.29, 1.82) is 0 Å². The van der Waals surface area contributed by atoms with Crippen LogP contribution in [-0.4, -0.2) is 23.2 Å². The van der Waals surface area contributed by atoms with Crippen LogP contribution in [0.3, 0.4) is 0 Å². The molecule has 0 fully saturated rings. The van der Waals surface area contributed by atoms with Gasteiger partial charge < -0.3 is 5.73 Å². The highest BCUT2D eigenvalue weighted by Gasteiger charge is 2.16. The Kier molecular flexibility index (Phi) is 4.30. The molecule has 130 valence electrons. The number of anilines is 1. The predicted molar refractivity (Wildman–Crippen MR) is 98.8 cm³/mol. The Hall–Kier alpha value is -2.38. The van der Waals surface area contributed by atoms with Crippen LogP contribution in [0.25, 0.3) is 22.3 Å². The van der Waals surface area contributed by atoms with E-state index in [1.165, 1.54) is 6.07 Å². The molecule has 8 heteroatoms. The molecule has 1 aromatic carbocycles. The fourth-order valence-corrected chi connectivity index (χ4v) is 3.54. The van der Waals surface area contributed by atoms with Gasteiger partial charge in [0.25, 0.3) is 9.05 Å². The average molecular weight is 377 g/mol. The predicted octanol–water partition coefficient (Wildman–Crippen LogP) is 3.28. The number of benzene rings is 1. The maximum absolute atomic E-state index is 11.6. The van der Waals surface area contributed by atoms with Crippen LogP contribution in [0.4, 0.5) is 5.82 Å². The van der Waals surface area contributed by atoms with Gasteiger partial charge in [-0.05, 0) is 43.2 Å². The molecule has 3 rings (SSSR count). The Labute approximate surface area is 150 Å². The van der Waals surface area contributed by atoms with Gasteiger partial charge in [0.2, 0.25) is 0 Å². The number of nitrogens with zero attached hydrogens (tertiary/aromatic N) is 3. The maximum Gasteiger partial charge on any atom is 0.261 e. The number of pyridine rings is 1. The van der Waals surface area contributed by atoms with Crippen molar-refractivity contribution in [3.05, 3.63) is 47.9 Å². The molecule has 3 aromatic rings. The van der Waals surface area contributed by atoms with Gasteiger partial charge in [-0.3, -0.25) is 4.68 Å². The Morgan fingerprint density at radius 3 is 2.44 bits per heavy atom. The summed E-state index contributed by atoms with van der Waals surface area (Å²) in [5.41, 5.74) is 10.9. The number of nitrogens with two attached hydrogens (primary N) is 1. The summed E-state index contributed by atoms with van der Waals surface area (Å²) in [5, 5.41) is 4.33. The fraction of sp³-hybridized carbons (Fsp3) is 0.176. The lowest BCUT2D eigenvalue weighted by atomic mass is 9.98. The summed E-state index contributed by atoms with van der Waals surface area (Å²) < 4.78 is 25.0. The summed E-state index contributed by atoms with van der Waals surface area (Å²) in [7, 11) is 3.50. The van der Waals surface area contributed by atoms with Crippen molar-refractivity contribution in [2.45, 2.75) is 18.7 Å². The molecule has 0 bridgehead atoms. The molecular formula is C17H17ClN4O2S. The molecule has 2 heterocycles. The van der Waals surface area contributed by atoms with Gasteiger partial charge in [0.05, 0.1) is 10.6 Å². The van der Waals surface area contributed by atoms with Crippen molar-refractivity contribution in [2.24, 2.45) is 7.05 Å². The first kappa shape index (κ1) is 17.4. The second-order valence-corrected chi connectivity index (χ2v) is 8.44. The van der Waals surface area contributed by atoms with Crippen LogP contribution in [-0.2, 0) is 16.1 Å². The number of hydrogen-bond donors (Lipinski definition) is 1.